The van der Waals surface area contributed by atoms with Crippen molar-refractivity contribution in [2.75, 3.05) is 12.9 Å². The molecule has 1 nitrogen and oxygen atoms in total. The van der Waals surface area contributed by atoms with Gasteiger partial charge in [0.05, 0.1) is 0 Å². The molecule has 1 aliphatic heterocycles. The molecular formula is C5H11B2N. The van der Waals surface area contributed by atoms with E-state index in [1.54, 1.807) is 0 Å². The van der Waals surface area contributed by atoms with Crippen LogP contribution >= 0.6 is 0 Å². The molecule has 2 radical (unpaired) electrons. The summed E-state index contributed by atoms with van der Waals surface area (Å²) in [5.41, 5.74) is 0. The predicted octanol–water partition coefficient (Wildman–Crippen LogP) is 0.140. The van der Waals surface area contributed by atoms with Crippen LogP contribution in [-0.4, -0.2) is 27.4 Å². The third-order valence-electron chi connectivity index (χ3n) is 1.49. The van der Waals surface area contributed by atoms with E-state index in [2.05, 4.69) is 26.8 Å². The van der Waals surface area contributed by atoms with Crippen LogP contribution in [0.3, 0.4) is 0 Å². The molecule has 0 aromatic heterocycles. The third-order valence-corrected chi connectivity index (χ3v) is 1.49. The molecule has 1 unspecified atom stereocenters. The molecule has 0 aromatic carbocycles. The van der Waals surface area contributed by atoms with E-state index >= 15 is 0 Å². The Labute approximate surface area is 52.7 Å². The van der Waals surface area contributed by atoms with Gasteiger partial charge in [-0.15, -0.1) is 0 Å². The number of hydrogen-bond acceptors (Lipinski definition) is 1. The molecule has 1 rings (SSSR count). The second kappa shape index (κ2) is 3.18. The van der Waals surface area contributed by atoms with Crippen molar-refractivity contribution in [3.63, 3.8) is 0 Å². The van der Waals surface area contributed by atoms with Gasteiger partial charge in [0.25, 0.3) is 0 Å². The van der Waals surface area contributed by atoms with Gasteiger partial charge in [-0.05, 0) is 12.9 Å². The van der Waals surface area contributed by atoms with Crippen molar-refractivity contribution < 1.29 is 0 Å². The van der Waals surface area contributed by atoms with Crippen molar-refractivity contribution in [2.45, 2.75) is 19.1 Å². The highest BCUT2D eigenvalue weighted by Gasteiger charge is 2.06. The second-order valence-corrected chi connectivity index (χ2v) is 2.40. The molecule has 8 heavy (non-hydrogen) atoms. The van der Waals surface area contributed by atoms with Gasteiger partial charge in [0, 0.05) is 0 Å². The normalized spacial score (nSPS) is 29.9. The van der Waals surface area contributed by atoms with Gasteiger partial charge in [0.15, 0.2) is 0 Å². The number of nitrogens with one attached hydrogen (secondary N) is 1. The highest BCUT2D eigenvalue weighted by Crippen LogP contribution is 2.07. The molecule has 42 valence electrons. The van der Waals surface area contributed by atoms with Crippen molar-refractivity contribution in [1.82, 2.24) is 5.32 Å². The molecule has 1 heterocycles. The van der Waals surface area contributed by atoms with Gasteiger partial charge >= 0.3 is 0 Å². The molecule has 1 fully saturated rings. The van der Waals surface area contributed by atoms with Crippen molar-refractivity contribution in [3.05, 3.63) is 0 Å². The molecule has 0 aliphatic carbocycles. The van der Waals surface area contributed by atoms with Gasteiger partial charge in [-0.3, -0.25) is 0 Å². The minimum absolute atomic E-state index is 0.782. The fraction of sp³-hybridized carbons (Fsp3) is 1.00. The molecule has 0 spiro atoms. The quantitative estimate of drug-likeness (QED) is 0.434. The van der Waals surface area contributed by atoms with Crippen molar-refractivity contribution >= 4 is 14.6 Å². The van der Waals surface area contributed by atoms with Gasteiger partial charge in [-0.2, -0.15) is 0 Å². The maximum absolute atomic E-state index is 3.27. The Morgan fingerprint density at radius 1 is 1.50 bits per heavy atom. The first-order valence-corrected chi connectivity index (χ1v) is 3.25. The first-order chi connectivity index (χ1) is 3.89. The lowest BCUT2D eigenvalue weighted by molar-refractivity contribution is 0.923. The van der Waals surface area contributed by atoms with E-state index in [0.717, 1.165) is 18.7 Å². The monoisotopic (exact) mass is 107 g/mol. The summed E-state index contributed by atoms with van der Waals surface area (Å²) in [5, 5.41) is 3.27. The summed E-state index contributed by atoms with van der Waals surface area (Å²) in [4.78, 5) is 0. The summed E-state index contributed by atoms with van der Waals surface area (Å²) < 4.78 is 0. The third kappa shape index (κ3) is 1.91. The number of hydrogen-bond donors (Lipinski definition) is 1. The predicted molar refractivity (Wildman–Crippen MR) is 38.6 cm³/mol. The van der Waals surface area contributed by atoms with Crippen LogP contribution in [0.5, 0.6) is 0 Å². The highest BCUT2D eigenvalue weighted by atomic mass is 14.8. The maximum Gasteiger partial charge on any atom is 0.131 e. The van der Waals surface area contributed by atoms with Crippen molar-refractivity contribution in [2.24, 2.45) is 0 Å². The van der Waals surface area contributed by atoms with Gasteiger partial charge < -0.3 is 5.32 Å². The SMILES string of the molecule is CC1[B]CNC[B]C1. The first-order valence-electron chi connectivity index (χ1n) is 3.25. The molecule has 0 saturated carbocycles. The molecule has 1 saturated heterocycles. The van der Waals surface area contributed by atoms with Crippen LogP contribution in [0.25, 0.3) is 0 Å². The lowest BCUT2D eigenvalue weighted by Gasteiger charge is -2.00. The highest BCUT2D eigenvalue weighted by molar-refractivity contribution is 6.45. The summed E-state index contributed by atoms with van der Waals surface area (Å²) >= 11 is 0. The molecule has 0 amide bonds. The lowest BCUT2D eigenvalue weighted by atomic mass is 9.58. The maximum atomic E-state index is 3.27. The van der Waals surface area contributed by atoms with Crippen LogP contribution in [0.2, 0.25) is 12.1 Å². The summed E-state index contributed by atoms with van der Waals surface area (Å²) in [5.74, 6) is 0.782. The standard InChI is InChI=1S/C5H11B2N/c1-5-2-6-3-8-4-7-5/h5,8H,2-4H2,1H3. The largest absolute Gasteiger partial charge is 0.333 e. The molecule has 1 N–H and O–H groups in total. The fourth-order valence-corrected chi connectivity index (χ4v) is 0.912. The minimum atomic E-state index is 0.782. The van der Waals surface area contributed by atoms with E-state index in [1.165, 1.54) is 6.32 Å². The molecule has 3 heteroatoms. The van der Waals surface area contributed by atoms with Crippen LogP contribution in [-0.2, 0) is 0 Å². The molecule has 0 aromatic rings. The average Bonchev–Trinajstić information content (AvgIpc) is 1.94. The summed E-state index contributed by atoms with van der Waals surface area (Å²) in [6.45, 7) is 2.25. The zero-order chi connectivity index (χ0) is 5.82. The molecule has 0 bridgehead atoms. The number of rotatable bonds is 0. The smallest absolute Gasteiger partial charge is 0.131 e. The summed E-state index contributed by atoms with van der Waals surface area (Å²) in [7, 11) is 4.62. The summed E-state index contributed by atoms with van der Waals surface area (Å²) in [6, 6.07) is 0. The average molecular weight is 107 g/mol. The molecule has 1 aliphatic rings. The topological polar surface area (TPSA) is 12.0 Å². The van der Waals surface area contributed by atoms with Gasteiger partial charge in [-0.1, -0.05) is 19.1 Å². The Morgan fingerprint density at radius 3 is 3.25 bits per heavy atom. The van der Waals surface area contributed by atoms with E-state index in [0.29, 0.717) is 0 Å². The Hall–Kier alpha value is 0.0899. The summed E-state index contributed by atoms with van der Waals surface area (Å²) in [6.07, 6.45) is 3.41. The lowest BCUT2D eigenvalue weighted by Crippen LogP contribution is -2.20. The van der Waals surface area contributed by atoms with Crippen LogP contribution in [0.4, 0.5) is 0 Å². The van der Waals surface area contributed by atoms with Gasteiger partial charge in [-0.25, -0.2) is 0 Å². The minimum Gasteiger partial charge on any atom is -0.333 e. The van der Waals surface area contributed by atoms with Crippen LogP contribution in [0, 0.1) is 0 Å². The zero-order valence-electron chi connectivity index (χ0n) is 5.35. The molecular weight excluding hydrogens is 95.7 g/mol. The Bertz CT molecular complexity index is 59.4. The van der Waals surface area contributed by atoms with Crippen LogP contribution in [0.1, 0.15) is 6.92 Å². The van der Waals surface area contributed by atoms with Crippen molar-refractivity contribution in [3.8, 4) is 0 Å². The van der Waals surface area contributed by atoms with Crippen LogP contribution < -0.4 is 5.32 Å². The van der Waals surface area contributed by atoms with Gasteiger partial charge in [0.1, 0.15) is 14.6 Å². The second-order valence-electron chi connectivity index (χ2n) is 2.40. The van der Waals surface area contributed by atoms with Gasteiger partial charge in [0.2, 0.25) is 0 Å². The first kappa shape index (κ1) is 6.21. The van der Waals surface area contributed by atoms with E-state index in [4.69, 9.17) is 0 Å². The van der Waals surface area contributed by atoms with E-state index in [1.807, 2.05) is 0 Å². The Balaban J connectivity index is 2.17. The van der Waals surface area contributed by atoms with E-state index in [9.17, 15) is 0 Å². The fourth-order valence-electron chi connectivity index (χ4n) is 0.912. The molecule has 1 atom stereocenters. The Kier molecular flexibility index (Phi) is 2.47. The van der Waals surface area contributed by atoms with E-state index in [-0.39, 0.29) is 0 Å². The van der Waals surface area contributed by atoms with Crippen LogP contribution in [0.15, 0.2) is 0 Å². The Morgan fingerprint density at radius 2 is 2.38 bits per heavy atom. The van der Waals surface area contributed by atoms with E-state index < -0.39 is 0 Å². The zero-order valence-corrected chi connectivity index (χ0v) is 5.35. The van der Waals surface area contributed by atoms with Crippen molar-refractivity contribution in [1.29, 1.82) is 0 Å².